The van der Waals surface area contributed by atoms with Crippen LogP contribution in [0.15, 0.2) is 24.3 Å². The van der Waals surface area contributed by atoms with Crippen LogP contribution in [0, 0.1) is 18.3 Å². The molecule has 0 aliphatic heterocycles. The van der Waals surface area contributed by atoms with Gasteiger partial charge in [-0.3, -0.25) is 0 Å². The van der Waals surface area contributed by atoms with Crippen molar-refractivity contribution in [1.82, 2.24) is 9.97 Å². The van der Waals surface area contributed by atoms with Gasteiger partial charge < -0.3 is 15.5 Å². The standard InChI is InChI=1S/C13H14N6O/c1-8-16-12(6-13(17-8)19-15)18-10-4-3-9(7-14)5-11(10)20-2/h3-6H,15H2,1-2H3,(H2,16,17,18,19). The number of hydrogen-bond acceptors (Lipinski definition) is 7. The second-order valence-electron chi connectivity index (χ2n) is 3.98. The van der Waals surface area contributed by atoms with Crippen LogP contribution in [-0.2, 0) is 0 Å². The summed E-state index contributed by atoms with van der Waals surface area (Å²) in [6.07, 6.45) is 0. The average molecular weight is 270 g/mol. The molecule has 0 aliphatic rings. The third-order valence-corrected chi connectivity index (χ3v) is 2.58. The number of methoxy groups -OCH3 is 1. The molecular formula is C13H14N6O. The molecule has 4 N–H and O–H groups in total. The van der Waals surface area contributed by atoms with E-state index in [4.69, 9.17) is 15.8 Å². The fourth-order valence-electron chi connectivity index (χ4n) is 1.71. The highest BCUT2D eigenvalue weighted by atomic mass is 16.5. The number of nitrogens with zero attached hydrogens (tertiary/aromatic N) is 3. The van der Waals surface area contributed by atoms with Gasteiger partial charge >= 0.3 is 0 Å². The summed E-state index contributed by atoms with van der Waals surface area (Å²) in [5.74, 6) is 7.57. The van der Waals surface area contributed by atoms with Crippen molar-refractivity contribution in [1.29, 1.82) is 5.26 Å². The highest BCUT2D eigenvalue weighted by Gasteiger charge is 2.07. The Bertz CT molecular complexity index is 664. The molecule has 0 radical (unpaired) electrons. The molecule has 1 heterocycles. The van der Waals surface area contributed by atoms with E-state index in [2.05, 4.69) is 26.8 Å². The normalized spacial score (nSPS) is 9.70. The molecule has 0 amide bonds. The van der Waals surface area contributed by atoms with E-state index in [0.29, 0.717) is 34.5 Å². The highest BCUT2D eigenvalue weighted by molar-refractivity contribution is 5.67. The van der Waals surface area contributed by atoms with Gasteiger partial charge in [-0.1, -0.05) is 0 Å². The van der Waals surface area contributed by atoms with Crippen molar-refractivity contribution >= 4 is 17.3 Å². The van der Waals surface area contributed by atoms with E-state index in [1.165, 1.54) is 0 Å². The molecule has 0 atom stereocenters. The van der Waals surface area contributed by atoms with Crippen LogP contribution in [-0.4, -0.2) is 17.1 Å². The molecular weight excluding hydrogens is 256 g/mol. The van der Waals surface area contributed by atoms with Crippen LogP contribution in [0.1, 0.15) is 11.4 Å². The maximum Gasteiger partial charge on any atom is 0.145 e. The zero-order valence-corrected chi connectivity index (χ0v) is 11.1. The van der Waals surface area contributed by atoms with Gasteiger partial charge in [-0.25, -0.2) is 15.8 Å². The third kappa shape index (κ3) is 2.93. The van der Waals surface area contributed by atoms with Crippen LogP contribution < -0.4 is 21.3 Å². The predicted octanol–water partition coefficient (Wildman–Crippen LogP) is 1.69. The Morgan fingerprint density at radius 3 is 2.65 bits per heavy atom. The van der Waals surface area contributed by atoms with Crippen molar-refractivity contribution in [3.05, 3.63) is 35.7 Å². The van der Waals surface area contributed by atoms with E-state index in [1.807, 2.05) is 0 Å². The molecule has 20 heavy (non-hydrogen) atoms. The van der Waals surface area contributed by atoms with Gasteiger partial charge in [0.25, 0.3) is 0 Å². The van der Waals surface area contributed by atoms with Gasteiger partial charge in [-0.2, -0.15) is 5.26 Å². The Balaban J connectivity index is 2.34. The number of nitrogens with two attached hydrogens (primary N) is 1. The number of hydrogen-bond donors (Lipinski definition) is 3. The zero-order valence-electron chi connectivity index (χ0n) is 11.1. The minimum atomic E-state index is 0.507. The smallest absolute Gasteiger partial charge is 0.145 e. The number of aromatic nitrogens is 2. The number of nitrogen functional groups attached to an aromatic ring is 1. The molecule has 102 valence electrons. The molecule has 7 heteroatoms. The highest BCUT2D eigenvalue weighted by Crippen LogP contribution is 2.28. The summed E-state index contributed by atoms with van der Waals surface area (Å²) in [7, 11) is 1.54. The number of hydrazine groups is 1. The van der Waals surface area contributed by atoms with E-state index in [9.17, 15) is 0 Å². The van der Waals surface area contributed by atoms with Crippen molar-refractivity contribution in [2.45, 2.75) is 6.92 Å². The number of ether oxygens (including phenoxy) is 1. The number of rotatable bonds is 4. The van der Waals surface area contributed by atoms with E-state index >= 15 is 0 Å². The lowest BCUT2D eigenvalue weighted by Gasteiger charge is -2.12. The van der Waals surface area contributed by atoms with Crippen LogP contribution in [0.3, 0.4) is 0 Å². The minimum absolute atomic E-state index is 0.507. The van der Waals surface area contributed by atoms with Crippen LogP contribution in [0.2, 0.25) is 0 Å². The Hall–Kier alpha value is -2.85. The van der Waals surface area contributed by atoms with E-state index in [0.717, 1.165) is 0 Å². The van der Waals surface area contributed by atoms with Crippen molar-refractivity contribution in [3.8, 4) is 11.8 Å². The minimum Gasteiger partial charge on any atom is -0.495 e. The van der Waals surface area contributed by atoms with Crippen LogP contribution >= 0.6 is 0 Å². The maximum absolute atomic E-state index is 8.87. The summed E-state index contributed by atoms with van der Waals surface area (Å²) in [6.45, 7) is 1.77. The number of nitriles is 1. The molecule has 1 aromatic heterocycles. The summed E-state index contributed by atoms with van der Waals surface area (Å²) in [6, 6.07) is 8.83. The summed E-state index contributed by atoms with van der Waals surface area (Å²) in [5.41, 5.74) is 3.70. The van der Waals surface area contributed by atoms with Crippen LogP contribution in [0.25, 0.3) is 0 Å². The number of aryl methyl sites for hydroxylation is 1. The van der Waals surface area contributed by atoms with Crippen LogP contribution in [0.5, 0.6) is 5.75 Å². The first kappa shape index (κ1) is 13.6. The van der Waals surface area contributed by atoms with Crippen molar-refractivity contribution < 1.29 is 4.74 Å². The lowest BCUT2D eigenvalue weighted by molar-refractivity contribution is 0.416. The Morgan fingerprint density at radius 2 is 2.00 bits per heavy atom. The topological polar surface area (TPSA) is 109 Å². The molecule has 0 saturated heterocycles. The summed E-state index contributed by atoms with van der Waals surface area (Å²) >= 11 is 0. The second kappa shape index (κ2) is 5.86. The fraction of sp³-hybridized carbons (Fsp3) is 0.154. The zero-order chi connectivity index (χ0) is 14.5. The number of benzene rings is 1. The Kier molecular flexibility index (Phi) is 3.98. The summed E-state index contributed by atoms with van der Waals surface area (Å²) in [4.78, 5) is 8.36. The number of anilines is 3. The first-order valence-corrected chi connectivity index (χ1v) is 5.83. The van der Waals surface area contributed by atoms with Gasteiger partial charge in [0, 0.05) is 12.1 Å². The predicted molar refractivity (Wildman–Crippen MR) is 75.6 cm³/mol. The molecule has 0 unspecified atom stereocenters. The van der Waals surface area contributed by atoms with Gasteiger partial charge in [-0.05, 0) is 19.1 Å². The monoisotopic (exact) mass is 270 g/mol. The SMILES string of the molecule is COc1cc(C#N)ccc1Nc1cc(NN)nc(C)n1. The Morgan fingerprint density at radius 1 is 1.25 bits per heavy atom. The molecule has 2 rings (SSSR count). The molecule has 2 aromatic rings. The fourth-order valence-corrected chi connectivity index (χ4v) is 1.71. The second-order valence-corrected chi connectivity index (χ2v) is 3.98. The quantitative estimate of drug-likeness (QED) is 0.573. The molecule has 1 aromatic carbocycles. The average Bonchev–Trinajstić information content (AvgIpc) is 2.47. The maximum atomic E-state index is 8.87. The lowest BCUT2D eigenvalue weighted by atomic mass is 10.2. The molecule has 0 bridgehead atoms. The largest absolute Gasteiger partial charge is 0.495 e. The third-order valence-electron chi connectivity index (χ3n) is 2.58. The van der Waals surface area contributed by atoms with E-state index in [1.54, 1.807) is 38.3 Å². The number of nitrogens with one attached hydrogen (secondary N) is 2. The first-order chi connectivity index (χ1) is 9.66. The molecule has 0 saturated carbocycles. The van der Waals surface area contributed by atoms with Crippen molar-refractivity contribution in [2.24, 2.45) is 5.84 Å². The van der Waals surface area contributed by atoms with Crippen LogP contribution in [0.4, 0.5) is 17.3 Å². The van der Waals surface area contributed by atoms with Gasteiger partial charge in [0.05, 0.1) is 24.4 Å². The lowest BCUT2D eigenvalue weighted by Crippen LogP contribution is -2.10. The van der Waals surface area contributed by atoms with Gasteiger partial charge in [0.2, 0.25) is 0 Å². The van der Waals surface area contributed by atoms with Gasteiger partial charge in [0.1, 0.15) is 23.2 Å². The molecule has 0 fully saturated rings. The Labute approximate surface area is 116 Å². The van der Waals surface area contributed by atoms with E-state index in [-0.39, 0.29) is 0 Å². The van der Waals surface area contributed by atoms with Gasteiger partial charge in [-0.15, -0.1) is 0 Å². The van der Waals surface area contributed by atoms with Crippen molar-refractivity contribution in [3.63, 3.8) is 0 Å². The van der Waals surface area contributed by atoms with E-state index < -0.39 is 0 Å². The summed E-state index contributed by atoms with van der Waals surface area (Å²) < 4.78 is 5.25. The molecule has 0 spiro atoms. The molecule has 7 nitrogen and oxygen atoms in total. The van der Waals surface area contributed by atoms with Crippen molar-refractivity contribution in [2.75, 3.05) is 17.9 Å². The molecule has 0 aliphatic carbocycles. The summed E-state index contributed by atoms with van der Waals surface area (Å²) in [5, 5.41) is 12.0. The first-order valence-electron chi connectivity index (χ1n) is 5.83. The van der Waals surface area contributed by atoms with Gasteiger partial charge in [0.15, 0.2) is 0 Å².